The molecule has 0 saturated carbocycles. The lowest BCUT2D eigenvalue weighted by molar-refractivity contribution is -0.150. The Kier molecular flexibility index (Phi) is 21.8. The second-order valence-electron chi connectivity index (χ2n) is 8.89. The van der Waals surface area contributed by atoms with E-state index in [1.807, 2.05) is 0 Å². The summed E-state index contributed by atoms with van der Waals surface area (Å²) in [7, 11) is 0. The summed E-state index contributed by atoms with van der Waals surface area (Å²) in [5.74, 6) is -0.735. The van der Waals surface area contributed by atoms with Crippen molar-refractivity contribution in [2.45, 2.75) is 155 Å². The van der Waals surface area contributed by atoms with Crippen LogP contribution in [0.4, 0.5) is 0 Å². The van der Waals surface area contributed by atoms with Crippen LogP contribution in [-0.2, 0) is 14.3 Å². The fraction of sp³-hybridized carbons (Fsp3) is 0.923. The number of aliphatic carboxylic acids is 1. The van der Waals surface area contributed by atoms with E-state index in [0.29, 0.717) is 6.42 Å². The number of rotatable bonds is 23. The summed E-state index contributed by atoms with van der Waals surface area (Å²) < 4.78 is 5.78. The summed E-state index contributed by atoms with van der Waals surface area (Å²) in [6.45, 7) is 4.36. The van der Waals surface area contributed by atoms with Gasteiger partial charge in [0.2, 0.25) is 0 Å². The van der Waals surface area contributed by atoms with Crippen molar-refractivity contribution in [3.05, 3.63) is 0 Å². The zero-order chi connectivity index (χ0) is 22.3. The molecular weight excluding hydrogens is 376 g/mol. The highest BCUT2D eigenvalue weighted by molar-refractivity contribution is 5.69. The molecule has 0 saturated heterocycles. The fourth-order valence-corrected chi connectivity index (χ4v) is 3.87. The summed E-state index contributed by atoms with van der Waals surface area (Å²) >= 11 is 0. The van der Waals surface area contributed by atoms with Crippen LogP contribution in [0.2, 0.25) is 0 Å². The molecular formula is C26H50O4. The van der Waals surface area contributed by atoms with Gasteiger partial charge in [-0.25, -0.2) is 0 Å². The first-order valence-corrected chi connectivity index (χ1v) is 13.0. The van der Waals surface area contributed by atoms with Crippen molar-refractivity contribution in [3.63, 3.8) is 0 Å². The van der Waals surface area contributed by atoms with Gasteiger partial charge in [0.05, 0.1) is 0 Å². The van der Waals surface area contributed by atoms with E-state index < -0.39 is 5.97 Å². The number of esters is 1. The number of ether oxygens (including phenoxy) is 1. The van der Waals surface area contributed by atoms with Crippen LogP contribution in [0.15, 0.2) is 0 Å². The van der Waals surface area contributed by atoms with E-state index in [-0.39, 0.29) is 18.5 Å². The largest absolute Gasteiger partial charge is 0.481 e. The molecule has 0 amide bonds. The SMILES string of the molecule is CCCCCCCCCCCCC(CCCCCCCC(=O)O)OC(=O)CCCC. The number of carbonyl (C=O) groups excluding carboxylic acids is 1. The highest BCUT2D eigenvalue weighted by Gasteiger charge is 2.14. The van der Waals surface area contributed by atoms with Gasteiger partial charge in [-0.2, -0.15) is 0 Å². The van der Waals surface area contributed by atoms with Gasteiger partial charge >= 0.3 is 11.9 Å². The Hall–Kier alpha value is -1.06. The molecule has 0 heterocycles. The van der Waals surface area contributed by atoms with Gasteiger partial charge in [-0.15, -0.1) is 0 Å². The lowest BCUT2D eigenvalue weighted by Gasteiger charge is -2.18. The lowest BCUT2D eigenvalue weighted by Crippen LogP contribution is -2.18. The van der Waals surface area contributed by atoms with E-state index in [9.17, 15) is 9.59 Å². The molecule has 0 radical (unpaired) electrons. The summed E-state index contributed by atoms with van der Waals surface area (Å²) in [6, 6.07) is 0. The molecule has 0 rings (SSSR count). The zero-order valence-corrected chi connectivity index (χ0v) is 20.1. The first-order valence-electron chi connectivity index (χ1n) is 13.0. The third kappa shape index (κ3) is 21.6. The summed E-state index contributed by atoms with van der Waals surface area (Å²) in [5, 5.41) is 8.68. The van der Waals surface area contributed by atoms with Gasteiger partial charge in [0.1, 0.15) is 6.10 Å². The lowest BCUT2D eigenvalue weighted by atomic mass is 10.0. The Morgan fingerprint density at radius 1 is 0.600 bits per heavy atom. The average molecular weight is 427 g/mol. The minimum Gasteiger partial charge on any atom is -0.481 e. The number of carboxylic acid groups (broad SMARTS) is 1. The Bertz CT molecular complexity index is 394. The average Bonchev–Trinajstić information content (AvgIpc) is 2.72. The molecule has 0 fully saturated rings. The van der Waals surface area contributed by atoms with Crippen molar-refractivity contribution >= 4 is 11.9 Å². The van der Waals surface area contributed by atoms with Gasteiger partial charge in [0.25, 0.3) is 0 Å². The molecule has 30 heavy (non-hydrogen) atoms. The quantitative estimate of drug-likeness (QED) is 0.132. The van der Waals surface area contributed by atoms with Crippen LogP contribution in [-0.4, -0.2) is 23.1 Å². The molecule has 4 nitrogen and oxygen atoms in total. The van der Waals surface area contributed by atoms with Crippen molar-refractivity contribution in [3.8, 4) is 0 Å². The molecule has 4 heteroatoms. The second-order valence-corrected chi connectivity index (χ2v) is 8.89. The predicted molar refractivity (Wildman–Crippen MR) is 126 cm³/mol. The van der Waals surface area contributed by atoms with E-state index in [0.717, 1.165) is 64.2 Å². The highest BCUT2D eigenvalue weighted by Crippen LogP contribution is 2.18. The zero-order valence-electron chi connectivity index (χ0n) is 20.1. The molecule has 1 atom stereocenters. The van der Waals surface area contributed by atoms with E-state index in [2.05, 4.69) is 13.8 Å². The van der Waals surface area contributed by atoms with E-state index in [1.54, 1.807) is 0 Å². The van der Waals surface area contributed by atoms with Gasteiger partial charge in [-0.3, -0.25) is 9.59 Å². The molecule has 0 aromatic rings. The van der Waals surface area contributed by atoms with E-state index in [1.165, 1.54) is 57.8 Å². The van der Waals surface area contributed by atoms with Crippen LogP contribution >= 0.6 is 0 Å². The first kappa shape index (κ1) is 28.9. The van der Waals surface area contributed by atoms with E-state index in [4.69, 9.17) is 9.84 Å². The summed E-state index contributed by atoms with van der Waals surface area (Å²) in [4.78, 5) is 22.6. The topological polar surface area (TPSA) is 63.6 Å². The fourth-order valence-electron chi connectivity index (χ4n) is 3.87. The number of carboxylic acids is 1. The van der Waals surface area contributed by atoms with Crippen molar-refractivity contribution in [1.82, 2.24) is 0 Å². The minimum absolute atomic E-state index is 0.0320. The van der Waals surface area contributed by atoms with Gasteiger partial charge in [0, 0.05) is 12.8 Å². The van der Waals surface area contributed by atoms with Crippen LogP contribution in [0.25, 0.3) is 0 Å². The highest BCUT2D eigenvalue weighted by atomic mass is 16.5. The molecule has 178 valence electrons. The third-order valence-corrected chi connectivity index (χ3v) is 5.83. The number of hydrogen-bond acceptors (Lipinski definition) is 3. The number of hydrogen-bond donors (Lipinski definition) is 1. The molecule has 0 bridgehead atoms. The normalized spacial score (nSPS) is 12.1. The van der Waals surface area contributed by atoms with Crippen LogP contribution in [0.3, 0.4) is 0 Å². The van der Waals surface area contributed by atoms with Crippen molar-refractivity contribution < 1.29 is 19.4 Å². The standard InChI is InChI=1S/C26H50O4/c1-3-5-7-8-9-10-11-12-14-17-20-24(30-26(29)23-6-4-2)21-18-15-13-16-19-22-25(27)28/h24H,3-23H2,1-2H3,(H,27,28). The second kappa shape index (κ2) is 22.6. The van der Waals surface area contributed by atoms with Gasteiger partial charge in [0.15, 0.2) is 0 Å². The molecule has 0 spiro atoms. The maximum absolute atomic E-state index is 12.1. The van der Waals surface area contributed by atoms with Gasteiger partial charge < -0.3 is 9.84 Å². The third-order valence-electron chi connectivity index (χ3n) is 5.83. The molecule has 0 aliphatic rings. The molecule has 1 N–H and O–H groups in total. The Balaban J connectivity index is 3.90. The minimum atomic E-state index is -0.703. The van der Waals surface area contributed by atoms with E-state index >= 15 is 0 Å². The molecule has 1 unspecified atom stereocenters. The summed E-state index contributed by atoms with van der Waals surface area (Å²) in [5.41, 5.74) is 0. The Morgan fingerprint density at radius 2 is 1.03 bits per heavy atom. The summed E-state index contributed by atoms with van der Waals surface area (Å²) in [6.07, 6.45) is 23.0. The Labute approximate surface area is 186 Å². The molecule has 0 aromatic heterocycles. The van der Waals surface area contributed by atoms with Crippen LogP contribution in [0, 0.1) is 0 Å². The van der Waals surface area contributed by atoms with Gasteiger partial charge in [-0.1, -0.05) is 97.3 Å². The maximum Gasteiger partial charge on any atom is 0.306 e. The Morgan fingerprint density at radius 3 is 1.50 bits per heavy atom. The van der Waals surface area contributed by atoms with Gasteiger partial charge in [-0.05, 0) is 38.5 Å². The monoisotopic (exact) mass is 426 g/mol. The molecule has 0 aliphatic heterocycles. The van der Waals surface area contributed by atoms with Crippen molar-refractivity contribution in [1.29, 1.82) is 0 Å². The number of unbranched alkanes of at least 4 members (excludes halogenated alkanes) is 14. The molecule has 0 aliphatic carbocycles. The van der Waals surface area contributed by atoms with Crippen molar-refractivity contribution in [2.75, 3.05) is 0 Å². The molecule has 0 aromatic carbocycles. The van der Waals surface area contributed by atoms with Crippen molar-refractivity contribution in [2.24, 2.45) is 0 Å². The van der Waals surface area contributed by atoms with Crippen LogP contribution < -0.4 is 0 Å². The first-order chi connectivity index (χ1) is 14.6. The van der Waals surface area contributed by atoms with Crippen LogP contribution in [0.1, 0.15) is 149 Å². The smallest absolute Gasteiger partial charge is 0.306 e. The number of carbonyl (C=O) groups is 2. The van der Waals surface area contributed by atoms with Crippen LogP contribution in [0.5, 0.6) is 0 Å². The maximum atomic E-state index is 12.1. The predicted octanol–water partition coefficient (Wildman–Crippen LogP) is 8.21.